The van der Waals surface area contributed by atoms with E-state index < -0.39 is 97.5 Å². The van der Waals surface area contributed by atoms with Crippen LogP contribution in [0, 0.1) is 5.92 Å². The molecule has 0 fully saturated rings. The van der Waals surface area contributed by atoms with E-state index in [2.05, 4.69) is 34.6 Å². The van der Waals surface area contributed by atoms with Crippen molar-refractivity contribution in [2.24, 2.45) is 5.92 Å². The van der Waals surface area contributed by atoms with Gasteiger partial charge in [0.2, 0.25) is 0 Å². The van der Waals surface area contributed by atoms with Gasteiger partial charge in [-0.2, -0.15) is 0 Å². The molecule has 0 heterocycles. The van der Waals surface area contributed by atoms with Crippen LogP contribution in [0.1, 0.15) is 420 Å². The maximum Gasteiger partial charge on any atom is 0.472 e. The highest BCUT2D eigenvalue weighted by atomic mass is 31.2. The van der Waals surface area contributed by atoms with E-state index in [1.807, 2.05) is 0 Å². The summed E-state index contributed by atoms with van der Waals surface area (Å²) >= 11 is 0. The Morgan fingerprint density at radius 1 is 0.286 bits per heavy atom. The maximum atomic E-state index is 13.1. The molecule has 0 aromatic heterocycles. The van der Waals surface area contributed by atoms with Gasteiger partial charge in [0, 0.05) is 25.7 Å². The average Bonchev–Trinajstić information content (AvgIpc) is 1.52. The second-order valence-corrected chi connectivity index (χ2v) is 31.6. The minimum absolute atomic E-state index is 0.109. The lowest BCUT2D eigenvalue weighted by Crippen LogP contribution is -2.30. The smallest absolute Gasteiger partial charge is 0.462 e. The number of ether oxygens (including phenoxy) is 4. The highest BCUT2D eigenvalue weighted by Crippen LogP contribution is 2.45. The number of carbonyl (C=O) groups excluding carboxylic acids is 4. The summed E-state index contributed by atoms with van der Waals surface area (Å²) < 4.78 is 68.7. The monoisotopic (exact) mass is 1440 g/mol. The van der Waals surface area contributed by atoms with Crippen molar-refractivity contribution in [3.8, 4) is 0 Å². The second-order valence-electron chi connectivity index (χ2n) is 28.7. The zero-order valence-electron chi connectivity index (χ0n) is 63.9. The molecule has 3 unspecified atom stereocenters. The van der Waals surface area contributed by atoms with E-state index in [-0.39, 0.29) is 25.7 Å². The van der Waals surface area contributed by atoms with E-state index in [0.717, 1.165) is 95.8 Å². The molecule has 0 amide bonds. The van der Waals surface area contributed by atoms with Crippen molar-refractivity contribution < 1.29 is 80.2 Å². The summed E-state index contributed by atoms with van der Waals surface area (Å²) in [5, 5.41) is 10.6. The number of phosphoric acid groups is 2. The van der Waals surface area contributed by atoms with Crippen molar-refractivity contribution in [3.63, 3.8) is 0 Å². The average molecular weight is 1440 g/mol. The highest BCUT2D eigenvalue weighted by Gasteiger charge is 2.30. The minimum Gasteiger partial charge on any atom is -0.462 e. The van der Waals surface area contributed by atoms with Crippen molar-refractivity contribution in [2.45, 2.75) is 438 Å². The molecular formula is C79H154O17P2. The Hall–Kier alpha value is -1.94. The van der Waals surface area contributed by atoms with E-state index in [1.54, 1.807) is 0 Å². The SMILES string of the molecule is CCCCCCCCCCCCCCCCCC(=O)OC[C@H](COP(=O)(O)OC[C@@H](O)COP(=O)(O)OC[C@@H](COC(=O)CCCCCCCCCCCCC)OC(=O)CCCCCCCCCCCCCCCC)OC(=O)CCCCCCCCCCCCCCCCC(C)CC. The Kier molecular flexibility index (Phi) is 70.6. The van der Waals surface area contributed by atoms with Crippen LogP contribution in [0.4, 0.5) is 0 Å². The van der Waals surface area contributed by atoms with Gasteiger partial charge in [0.1, 0.15) is 19.3 Å². The van der Waals surface area contributed by atoms with Gasteiger partial charge in [-0.1, -0.05) is 369 Å². The van der Waals surface area contributed by atoms with E-state index in [1.165, 1.54) is 244 Å². The molecule has 0 aliphatic carbocycles. The Bertz CT molecular complexity index is 1880. The predicted molar refractivity (Wildman–Crippen MR) is 400 cm³/mol. The normalized spacial score (nSPS) is 14.2. The zero-order chi connectivity index (χ0) is 71.9. The van der Waals surface area contributed by atoms with Gasteiger partial charge in [-0.05, 0) is 31.6 Å². The van der Waals surface area contributed by atoms with Gasteiger partial charge in [0.25, 0.3) is 0 Å². The molecule has 0 saturated carbocycles. The lowest BCUT2D eigenvalue weighted by molar-refractivity contribution is -0.161. The summed E-state index contributed by atoms with van der Waals surface area (Å²) in [6.45, 7) is 7.38. The van der Waals surface area contributed by atoms with Crippen LogP contribution >= 0.6 is 15.6 Å². The van der Waals surface area contributed by atoms with Crippen LogP contribution in [-0.4, -0.2) is 96.7 Å². The standard InChI is InChI=1S/C79H154O17P2/c1-6-10-13-16-19-22-25-27-29-34-38-43-48-53-58-63-77(82)90-69-75(96-79(84)65-60-55-50-45-40-35-31-30-32-37-41-46-51-56-61-72(5)9-4)71-94-98(87,88)92-67-73(80)66-91-97(85,86)93-70-74(68-89-76(81)62-57-52-47-42-36-24-21-18-15-12-8-3)95-78(83)64-59-54-49-44-39-33-28-26-23-20-17-14-11-7-2/h72-75,80H,6-71H2,1-5H3,(H,85,86)(H,87,88)/t72?,73-,74+,75+/m0/s1. The molecule has 3 N–H and O–H groups in total. The number of unbranched alkanes of at least 4 members (excludes halogenated alkanes) is 50. The van der Waals surface area contributed by atoms with Crippen molar-refractivity contribution in [1.29, 1.82) is 0 Å². The summed E-state index contributed by atoms with van der Waals surface area (Å²) in [6, 6.07) is 0. The molecule has 6 atom stereocenters. The van der Waals surface area contributed by atoms with Crippen molar-refractivity contribution in [1.82, 2.24) is 0 Å². The van der Waals surface area contributed by atoms with E-state index in [9.17, 15) is 43.2 Å². The van der Waals surface area contributed by atoms with Crippen LogP contribution in [0.2, 0.25) is 0 Å². The molecule has 582 valence electrons. The molecule has 0 radical (unpaired) electrons. The first-order valence-electron chi connectivity index (χ1n) is 41.2. The van der Waals surface area contributed by atoms with Gasteiger partial charge in [0.05, 0.1) is 26.4 Å². The summed E-state index contributed by atoms with van der Waals surface area (Å²) in [6.07, 6.45) is 62.1. The van der Waals surface area contributed by atoms with E-state index >= 15 is 0 Å². The Morgan fingerprint density at radius 2 is 0.490 bits per heavy atom. The summed E-state index contributed by atoms with van der Waals surface area (Å²) in [5.41, 5.74) is 0. The molecule has 0 aliphatic rings. The third-order valence-corrected chi connectivity index (χ3v) is 20.8. The van der Waals surface area contributed by atoms with Gasteiger partial charge < -0.3 is 33.8 Å². The van der Waals surface area contributed by atoms with Gasteiger partial charge in [0.15, 0.2) is 12.2 Å². The van der Waals surface area contributed by atoms with Crippen LogP contribution in [0.15, 0.2) is 0 Å². The molecule has 0 spiro atoms. The summed E-state index contributed by atoms with van der Waals surface area (Å²) in [7, 11) is -9.91. The number of esters is 4. The van der Waals surface area contributed by atoms with Crippen LogP contribution in [-0.2, 0) is 65.4 Å². The van der Waals surface area contributed by atoms with Crippen molar-refractivity contribution in [2.75, 3.05) is 39.6 Å². The van der Waals surface area contributed by atoms with Gasteiger partial charge in [-0.15, -0.1) is 0 Å². The van der Waals surface area contributed by atoms with Crippen molar-refractivity contribution in [3.05, 3.63) is 0 Å². The number of carbonyl (C=O) groups is 4. The molecule has 0 aliphatic heterocycles. The number of hydrogen-bond acceptors (Lipinski definition) is 15. The molecule has 0 saturated heterocycles. The number of phosphoric ester groups is 2. The van der Waals surface area contributed by atoms with Crippen LogP contribution in [0.25, 0.3) is 0 Å². The number of aliphatic hydroxyl groups excluding tert-OH is 1. The first-order chi connectivity index (χ1) is 47.6. The molecule has 0 bridgehead atoms. The van der Waals surface area contributed by atoms with E-state index in [4.69, 9.17) is 37.0 Å². The first kappa shape index (κ1) is 96.1. The predicted octanol–water partition coefficient (Wildman–Crippen LogP) is 23.6. The number of aliphatic hydroxyl groups is 1. The molecule has 98 heavy (non-hydrogen) atoms. The molecule has 0 rings (SSSR count). The lowest BCUT2D eigenvalue weighted by Gasteiger charge is -2.21. The molecule has 0 aromatic rings. The zero-order valence-corrected chi connectivity index (χ0v) is 65.7. The van der Waals surface area contributed by atoms with Gasteiger partial charge in [-0.25, -0.2) is 9.13 Å². The third kappa shape index (κ3) is 71.1. The fourth-order valence-corrected chi connectivity index (χ4v) is 13.8. The Morgan fingerprint density at radius 3 is 0.724 bits per heavy atom. The van der Waals surface area contributed by atoms with Crippen LogP contribution in [0.5, 0.6) is 0 Å². The number of rotatable bonds is 79. The minimum atomic E-state index is -4.96. The highest BCUT2D eigenvalue weighted by molar-refractivity contribution is 7.47. The fourth-order valence-electron chi connectivity index (χ4n) is 12.2. The lowest BCUT2D eigenvalue weighted by atomic mass is 9.99. The second kappa shape index (κ2) is 72.0. The number of hydrogen-bond donors (Lipinski definition) is 3. The van der Waals surface area contributed by atoms with Gasteiger partial charge >= 0.3 is 39.5 Å². The molecule has 17 nitrogen and oxygen atoms in total. The third-order valence-electron chi connectivity index (χ3n) is 18.9. The Labute approximate surface area is 600 Å². The topological polar surface area (TPSA) is 237 Å². The maximum absolute atomic E-state index is 13.1. The van der Waals surface area contributed by atoms with Gasteiger partial charge in [-0.3, -0.25) is 37.3 Å². The quantitative estimate of drug-likeness (QED) is 0.0222. The van der Waals surface area contributed by atoms with E-state index in [0.29, 0.717) is 25.7 Å². The molecule has 0 aromatic carbocycles. The molecule has 19 heteroatoms. The van der Waals surface area contributed by atoms with Crippen LogP contribution < -0.4 is 0 Å². The van der Waals surface area contributed by atoms with Crippen LogP contribution in [0.3, 0.4) is 0 Å². The summed E-state index contributed by atoms with van der Waals surface area (Å²) in [4.78, 5) is 73.0. The Balaban J connectivity index is 5.25. The molecular weight excluding hydrogens is 1280 g/mol. The largest absolute Gasteiger partial charge is 0.472 e. The fraction of sp³-hybridized carbons (Fsp3) is 0.949. The summed E-state index contributed by atoms with van der Waals surface area (Å²) in [5.74, 6) is -1.26. The van der Waals surface area contributed by atoms with Crippen molar-refractivity contribution >= 4 is 39.5 Å². The first-order valence-corrected chi connectivity index (χ1v) is 44.2.